The molecule has 0 spiro atoms. The quantitative estimate of drug-likeness (QED) is 0.276. The topological polar surface area (TPSA) is 43.4 Å². The number of ether oxygens (including phenoxy) is 1. The van der Waals surface area contributed by atoms with Crippen molar-refractivity contribution in [3.8, 4) is 0 Å². The van der Waals surface area contributed by atoms with Crippen LogP contribution in [0.5, 0.6) is 0 Å². The van der Waals surface area contributed by atoms with E-state index in [1.165, 1.54) is 0 Å². The Labute approximate surface area is 156 Å². The van der Waals surface area contributed by atoms with Gasteiger partial charge in [-0.15, -0.1) is 0 Å². The summed E-state index contributed by atoms with van der Waals surface area (Å²) in [6.45, 7) is 0.478. The van der Waals surface area contributed by atoms with Crippen LogP contribution in [0.4, 0.5) is 0 Å². The number of hydrogen-bond donors (Lipinski definition) is 0. The number of hydrogen-bond acceptors (Lipinski definition) is 3. The van der Waals surface area contributed by atoms with Crippen molar-refractivity contribution in [3.05, 3.63) is 71.8 Å². The van der Waals surface area contributed by atoms with Crippen LogP contribution in [0.1, 0.15) is 60.9 Å². The zero-order chi connectivity index (χ0) is 18.5. The number of unbranched alkanes of at least 4 members (excludes halogenated alkanes) is 4. The minimum absolute atomic E-state index is 0.223. The largest absolute Gasteiger partial charge is 0.366 e. The Kier molecular flexibility index (Phi) is 9.37. The fourth-order valence-corrected chi connectivity index (χ4v) is 2.90. The molecule has 0 radical (unpaired) electrons. The second kappa shape index (κ2) is 12.2. The fraction of sp³-hybridized carbons (Fsp3) is 0.391. The number of ketones is 1. The first-order valence-electron chi connectivity index (χ1n) is 9.48. The van der Waals surface area contributed by atoms with E-state index in [0.29, 0.717) is 13.0 Å². The molecule has 3 heteroatoms. The molecule has 2 aromatic carbocycles. The molecule has 26 heavy (non-hydrogen) atoms. The molecule has 0 heterocycles. The van der Waals surface area contributed by atoms with Crippen molar-refractivity contribution in [1.29, 1.82) is 0 Å². The summed E-state index contributed by atoms with van der Waals surface area (Å²) in [6, 6.07) is 19.4. The third-order valence-electron chi connectivity index (χ3n) is 4.45. The van der Waals surface area contributed by atoms with Crippen LogP contribution in [0, 0.1) is 0 Å². The van der Waals surface area contributed by atoms with Gasteiger partial charge < -0.3 is 9.53 Å². The van der Waals surface area contributed by atoms with Gasteiger partial charge in [0.15, 0.2) is 5.78 Å². The van der Waals surface area contributed by atoms with E-state index in [-0.39, 0.29) is 11.9 Å². The number of carbonyl (C=O) groups is 2. The van der Waals surface area contributed by atoms with Gasteiger partial charge in [0.2, 0.25) is 0 Å². The number of Topliss-reactive ketones (excluding diaryl/α,β-unsaturated/α-hetero) is 1. The highest BCUT2D eigenvalue weighted by Gasteiger charge is 2.08. The minimum atomic E-state index is -0.324. The molecule has 1 atom stereocenters. The van der Waals surface area contributed by atoms with Crippen molar-refractivity contribution in [3.63, 3.8) is 0 Å². The Morgan fingerprint density at radius 1 is 0.846 bits per heavy atom. The number of aldehydes is 1. The lowest BCUT2D eigenvalue weighted by Crippen LogP contribution is -2.14. The summed E-state index contributed by atoms with van der Waals surface area (Å²) in [5, 5.41) is 0. The zero-order valence-electron chi connectivity index (χ0n) is 15.3. The Balaban J connectivity index is 1.51. The second-order valence-corrected chi connectivity index (χ2v) is 6.57. The van der Waals surface area contributed by atoms with Gasteiger partial charge in [-0.25, -0.2) is 0 Å². The van der Waals surface area contributed by atoms with Crippen molar-refractivity contribution >= 4 is 12.1 Å². The van der Waals surface area contributed by atoms with E-state index >= 15 is 0 Å². The van der Waals surface area contributed by atoms with E-state index in [0.717, 1.165) is 55.9 Å². The van der Waals surface area contributed by atoms with Crippen LogP contribution in [-0.4, -0.2) is 18.2 Å². The Morgan fingerprint density at radius 2 is 1.46 bits per heavy atom. The van der Waals surface area contributed by atoms with Crippen LogP contribution in [-0.2, 0) is 16.1 Å². The molecule has 2 rings (SSSR count). The lowest BCUT2D eigenvalue weighted by Gasteiger charge is -2.12. The predicted octanol–water partition coefficient (Wildman–Crippen LogP) is 5.38. The Morgan fingerprint density at radius 3 is 2.15 bits per heavy atom. The van der Waals surface area contributed by atoms with Crippen molar-refractivity contribution < 1.29 is 14.3 Å². The van der Waals surface area contributed by atoms with Crippen LogP contribution in [0.25, 0.3) is 0 Å². The maximum atomic E-state index is 12.0. The SMILES string of the molecule is O=CC(CCCCCCCC(=O)c1ccccc1)OCc1ccccc1. The number of carbonyl (C=O) groups excluding carboxylic acids is 2. The normalized spacial score (nSPS) is 11.8. The summed E-state index contributed by atoms with van der Waals surface area (Å²) in [4.78, 5) is 23.1. The molecular formula is C23H28O3. The molecule has 0 N–H and O–H groups in total. The summed E-state index contributed by atoms with van der Waals surface area (Å²) in [6.07, 6.45) is 7.07. The van der Waals surface area contributed by atoms with Crippen molar-refractivity contribution in [1.82, 2.24) is 0 Å². The predicted molar refractivity (Wildman–Crippen MR) is 104 cm³/mol. The van der Waals surface area contributed by atoms with Gasteiger partial charge in [0.1, 0.15) is 12.4 Å². The molecule has 0 aliphatic rings. The van der Waals surface area contributed by atoms with E-state index in [4.69, 9.17) is 4.74 Å². The molecule has 0 aliphatic heterocycles. The van der Waals surface area contributed by atoms with E-state index in [2.05, 4.69) is 0 Å². The molecule has 2 aromatic rings. The maximum absolute atomic E-state index is 12.0. The first kappa shape index (κ1) is 20.1. The van der Waals surface area contributed by atoms with Crippen molar-refractivity contribution in [2.24, 2.45) is 0 Å². The first-order valence-corrected chi connectivity index (χ1v) is 9.48. The summed E-state index contributed by atoms with van der Waals surface area (Å²) in [5.74, 6) is 0.223. The van der Waals surface area contributed by atoms with Crippen LogP contribution < -0.4 is 0 Å². The monoisotopic (exact) mass is 352 g/mol. The minimum Gasteiger partial charge on any atom is -0.366 e. The van der Waals surface area contributed by atoms with Gasteiger partial charge in [-0.1, -0.05) is 86.3 Å². The van der Waals surface area contributed by atoms with Gasteiger partial charge in [0.05, 0.1) is 6.61 Å². The molecule has 0 bridgehead atoms. The average molecular weight is 352 g/mol. The van der Waals surface area contributed by atoms with E-state index in [9.17, 15) is 9.59 Å². The second-order valence-electron chi connectivity index (χ2n) is 6.57. The molecule has 0 fully saturated rings. The van der Waals surface area contributed by atoms with Crippen LogP contribution in [0.2, 0.25) is 0 Å². The van der Waals surface area contributed by atoms with Crippen molar-refractivity contribution in [2.75, 3.05) is 0 Å². The molecule has 0 amide bonds. The smallest absolute Gasteiger partial charge is 0.162 e. The van der Waals surface area contributed by atoms with Crippen LogP contribution in [0.15, 0.2) is 60.7 Å². The molecule has 0 aromatic heterocycles. The van der Waals surface area contributed by atoms with Gasteiger partial charge in [-0.2, -0.15) is 0 Å². The molecule has 0 aliphatic carbocycles. The third-order valence-corrected chi connectivity index (χ3v) is 4.45. The molecule has 3 nitrogen and oxygen atoms in total. The lowest BCUT2D eigenvalue weighted by molar-refractivity contribution is -0.119. The highest BCUT2D eigenvalue weighted by molar-refractivity contribution is 5.95. The summed E-state index contributed by atoms with van der Waals surface area (Å²) in [5.41, 5.74) is 1.89. The lowest BCUT2D eigenvalue weighted by atomic mass is 10.0. The van der Waals surface area contributed by atoms with Gasteiger partial charge in [0, 0.05) is 12.0 Å². The standard InChI is InChI=1S/C23H28O3/c24-18-22(26-19-20-12-6-4-7-13-20)16-10-2-1-3-11-17-23(25)21-14-8-5-9-15-21/h4-9,12-15,18,22H,1-3,10-11,16-17,19H2. The molecule has 1 unspecified atom stereocenters. The van der Waals surface area contributed by atoms with E-state index in [1.54, 1.807) is 0 Å². The summed E-state index contributed by atoms with van der Waals surface area (Å²) < 4.78 is 5.67. The molecule has 0 saturated carbocycles. The number of benzene rings is 2. The highest BCUT2D eigenvalue weighted by Crippen LogP contribution is 2.13. The van der Waals surface area contributed by atoms with E-state index < -0.39 is 0 Å². The zero-order valence-corrected chi connectivity index (χ0v) is 15.3. The van der Waals surface area contributed by atoms with Gasteiger partial charge in [-0.3, -0.25) is 4.79 Å². The maximum Gasteiger partial charge on any atom is 0.162 e. The van der Waals surface area contributed by atoms with Crippen molar-refractivity contribution in [2.45, 2.75) is 57.7 Å². The van der Waals surface area contributed by atoms with Gasteiger partial charge in [-0.05, 0) is 18.4 Å². The molecule has 0 saturated heterocycles. The fourth-order valence-electron chi connectivity index (χ4n) is 2.90. The van der Waals surface area contributed by atoms with Gasteiger partial charge >= 0.3 is 0 Å². The molecular weight excluding hydrogens is 324 g/mol. The van der Waals surface area contributed by atoms with Crippen LogP contribution >= 0.6 is 0 Å². The third kappa shape index (κ3) is 7.75. The highest BCUT2D eigenvalue weighted by atomic mass is 16.5. The first-order chi connectivity index (χ1) is 12.8. The summed E-state index contributed by atoms with van der Waals surface area (Å²) >= 11 is 0. The van der Waals surface area contributed by atoms with E-state index in [1.807, 2.05) is 60.7 Å². The average Bonchev–Trinajstić information content (AvgIpc) is 2.70. The summed E-state index contributed by atoms with van der Waals surface area (Å²) in [7, 11) is 0. The Hall–Kier alpha value is -2.26. The van der Waals surface area contributed by atoms with Crippen LogP contribution in [0.3, 0.4) is 0 Å². The molecule has 138 valence electrons. The number of rotatable bonds is 13. The Bertz CT molecular complexity index is 637. The van der Waals surface area contributed by atoms with Gasteiger partial charge in [0.25, 0.3) is 0 Å².